The Morgan fingerprint density at radius 2 is 2.00 bits per heavy atom. The molecular weight excluding hydrogens is 248 g/mol. The lowest BCUT2D eigenvalue weighted by molar-refractivity contribution is -0.147. The van der Waals surface area contributed by atoms with E-state index in [0.717, 1.165) is 0 Å². The number of Topliss-reactive ketones (excluding diaryl/α,β-unsaturated/α-hetero) is 1. The monoisotopic (exact) mass is 258 g/mol. The lowest BCUT2D eigenvalue weighted by Crippen LogP contribution is -2.11. The number of hydrogen-bond donors (Lipinski definition) is 3. The van der Waals surface area contributed by atoms with Gasteiger partial charge in [0, 0.05) is 12.0 Å². The second kappa shape index (κ2) is 5.65. The number of carboxylic acid groups (broad SMARTS) is 1. The third kappa shape index (κ3) is 3.44. The van der Waals surface area contributed by atoms with Gasteiger partial charge in [-0.2, -0.15) is 0 Å². The van der Waals surface area contributed by atoms with E-state index in [2.05, 4.69) is 0 Å². The molecular formula is C11H11ClO5. The summed E-state index contributed by atoms with van der Waals surface area (Å²) in [5.41, 5.74) is 0.397. The van der Waals surface area contributed by atoms with E-state index >= 15 is 0 Å². The molecule has 0 bridgehead atoms. The molecule has 3 N–H and O–H groups in total. The zero-order valence-corrected chi connectivity index (χ0v) is 9.52. The SMILES string of the molecule is O=C(CCl)Cc1ccc(C(O)C(=O)O)c(O)c1. The average molecular weight is 259 g/mol. The third-order valence-corrected chi connectivity index (χ3v) is 2.47. The van der Waals surface area contributed by atoms with Crippen molar-refractivity contribution in [2.75, 3.05) is 5.88 Å². The second-order valence-electron chi connectivity index (χ2n) is 3.48. The van der Waals surface area contributed by atoms with Crippen molar-refractivity contribution in [1.82, 2.24) is 0 Å². The molecule has 6 heteroatoms. The summed E-state index contributed by atoms with van der Waals surface area (Å²) in [6, 6.07) is 3.97. The summed E-state index contributed by atoms with van der Waals surface area (Å²) in [5, 5.41) is 27.4. The maximum atomic E-state index is 11.1. The van der Waals surface area contributed by atoms with Crippen molar-refractivity contribution >= 4 is 23.4 Å². The Hall–Kier alpha value is -1.59. The maximum absolute atomic E-state index is 11.1. The lowest BCUT2D eigenvalue weighted by Gasteiger charge is -2.09. The van der Waals surface area contributed by atoms with Gasteiger partial charge in [0.2, 0.25) is 0 Å². The van der Waals surface area contributed by atoms with Gasteiger partial charge in [-0.05, 0) is 11.6 Å². The summed E-state index contributed by atoms with van der Waals surface area (Å²) < 4.78 is 0. The quantitative estimate of drug-likeness (QED) is 0.681. The van der Waals surface area contributed by atoms with E-state index in [1.807, 2.05) is 0 Å². The molecule has 1 aromatic carbocycles. The molecule has 1 atom stereocenters. The van der Waals surface area contributed by atoms with Gasteiger partial charge in [0.25, 0.3) is 0 Å². The molecule has 0 fully saturated rings. The molecule has 1 aromatic rings. The number of aliphatic carboxylic acids is 1. The highest BCUT2D eigenvalue weighted by molar-refractivity contribution is 6.27. The molecule has 0 aliphatic carbocycles. The van der Waals surface area contributed by atoms with Crippen LogP contribution >= 0.6 is 11.6 Å². The normalized spacial score (nSPS) is 12.1. The Morgan fingerprint density at radius 3 is 2.47 bits per heavy atom. The molecule has 0 saturated carbocycles. The number of benzene rings is 1. The first kappa shape index (κ1) is 13.5. The number of aliphatic hydroxyl groups is 1. The first-order valence-electron chi connectivity index (χ1n) is 4.76. The largest absolute Gasteiger partial charge is 0.508 e. The number of aromatic hydroxyl groups is 1. The van der Waals surface area contributed by atoms with Gasteiger partial charge in [0.15, 0.2) is 11.9 Å². The van der Waals surface area contributed by atoms with Gasteiger partial charge >= 0.3 is 5.97 Å². The van der Waals surface area contributed by atoms with E-state index in [-0.39, 0.29) is 29.4 Å². The van der Waals surface area contributed by atoms with Crippen LogP contribution in [0, 0.1) is 0 Å². The molecule has 0 aliphatic rings. The Kier molecular flexibility index (Phi) is 4.48. The fraction of sp³-hybridized carbons (Fsp3) is 0.273. The number of carbonyl (C=O) groups excluding carboxylic acids is 1. The number of carbonyl (C=O) groups is 2. The van der Waals surface area contributed by atoms with Gasteiger partial charge in [0.05, 0.1) is 5.88 Å². The molecule has 0 saturated heterocycles. The summed E-state index contributed by atoms with van der Waals surface area (Å²) in [6.45, 7) is 0. The van der Waals surface area contributed by atoms with Crippen LogP contribution in [0.4, 0.5) is 0 Å². The first-order valence-corrected chi connectivity index (χ1v) is 5.29. The predicted molar refractivity (Wildman–Crippen MR) is 60.1 cm³/mol. The number of halogens is 1. The Morgan fingerprint density at radius 1 is 1.35 bits per heavy atom. The summed E-state index contributed by atoms with van der Waals surface area (Å²) in [7, 11) is 0. The zero-order chi connectivity index (χ0) is 13.0. The summed E-state index contributed by atoms with van der Waals surface area (Å²) in [6.07, 6.45) is -1.73. The van der Waals surface area contributed by atoms with E-state index in [1.54, 1.807) is 0 Å². The fourth-order valence-corrected chi connectivity index (χ4v) is 1.43. The van der Waals surface area contributed by atoms with E-state index in [1.165, 1.54) is 18.2 Å². The number of phenolic OH excluding ortho intramolecular Hbond substituents is 1. The minimum absolute atomic E-state index is 0.0561. The molecule has 0 aliphatic heterocycles. The number of rotatable bonds is 5. The molecule has 1 unspecified atom stereocenters. The molecule has 5 nitrogen and oxygen atoms in total. The van der Waals surface area contributed by atoms with Gasteiger partial charge in [-0.15, -0.1) is 11.6 Å². The van der Waals surface area contributed by atoms with Crippen LogP contribution in [0.25, 0.3) is 0 Å². The molecule has 0 amide bonds. The molecule has 0 aromatic heterocycles. The number of carboxylic acids is 1. The topological polar surface area (TPSA) is 94.8 Å². The molecule has 92 valence electrons. The van der Waals surface area contributed by atoms with Crippen molar-refractivity contribution < 1.29 is 24.9 Å². The minimum atomic E-state index is -1.78. The number of aliphatic hydroxyl groups excluding tert-OH is 1. The predicted octanol–water partition coefficient (Wildman–Crippen LogP) is 0.861. The van der Waals surface area contributed by atoms with E-state index in [9.17, 15) is 19.8 Å². The lowest BCUT2D eigenvalue weighted by atomic mass is 10.0. The smallest absolute Gasteiger partial charge is 0.337 e. The highest BCUT2D eigenvalue weighted by Crippen LogP contribution is 2.25. The molecule has 1 rings (SSSR count). The van der Waals surface area contributed by atoms with Crippen molar-refractivity contribution in [3.8, 4) is 5.75 Å². The van der Waals surface area contributed by atoms with Gasteiger partial charge in [-0.1, -0.05) is 12.1 Å². The molecule has 0 heterocycles. The highest BCUT2D eigenvalue weighted by Gasteiger charge is 2.19. The van der Waals surface area contributed by atoms with Crippen LogP contribution in [-0.4, -0.2) is 33.0 Å². The number of alkyl halides is 1. The minimum Gasteiger partial charge on any atom is -0.508 e. The second-order valence-corrected chi connectivity index (χ2v) is 3.75. The van der Waals surface area contributed by atoms with Gasteiger partial charge in [-0.25, -0.2) is 4.79 Å². The van der Waals surface area contributed by atoms with Crippen LogP contribution in [0.5, 0.6) is 5.75 Å². The Bertz CT molecular complexity index is 443. The molecule has 0 radical (unpaired) electrons. The highest BCUT2D eigenvalue weighted by atomic mass is 35.5. The van der Waals surface area contributed by atoms with Gasteiger partial charge in [0.1, 0.15) is 5.75 Å². The van der Waals surface area contributed by atoms with Gasteiger partial charge < -0.3 is 15.3 Å². The summed E-state index contributed by atoms with van der Waals surface area (Å²) >= 11 is 5.34. The van der Waals surface area contributed by atoms with Crippen molar-refractivity contribution in [2.24, 2.45) is 0 Å². The maximum Gasteiger partial charge on any atom is 0.337 e. The van der Waals surface area contributed by atoms with Crippen LogP contribution in [0.15, 0.2) is 18.2 Å². The average Bonchev–Trinajstić information content (AvgIpc) is 2.28. The fourth-order valence-electron chi connectivity index (χ4n) is 1.34. The van der Waals surface area contributed by atoms with Gasteiger partial charge in [-0.3, -0.25) is 4.79 Å². The standard InChI is InChI=1S/C11H11ClO5/c12-5-7(13)3-6-1-2-8(9(14)4-6)10(15)11(16)17/h1-2,4,10,14-15H,3,5H2,(H,16,17). The summed E-state index contributed by atoms with van der Waals surface area (Å²) in [4.78, 5) is 21.6. The number of hydrogen-bond acceptors (Lipinski definition) is 4. The van der Waals surface area contributed by atoms with Crippen molar-refractivity contribution in [1.29, 1.82) is 0 Å². The molecule has 0 spiro atoms. The van der Waals surface area contributed by atoms with Crippen molar-refractivity contribution in [2.45, 2.75) is 12.5 Å². The van der Waals surface area contributed by atoms with E-state index < -0.39 is 12.1 Å². The zero-order valence-electron chi connectivity index (χ0n) is 8.76. The first-order chi connectivity index (χ1) is 7.95. The third-order valence-electron chi connectivity index (χ3n) is 2.17. The van der Waals surface area contributed by atoms with Crippen molar-refractivity contribution in [3.63, 3.8) is 0 Å². The van der Waals surface area contributed by atoms with Crippen molar-refractivity contribution in [3.05, 3.63) is 29.3 Å². The van der Waals surface area contributed by atoms with Crippen LogP contribution in [-0.2, 0) is 16.0 Å². The van der Waals surface area contributed by atoms with E-state index in [0.29, 0.717) is 5.56 Å². The number of ketones is 1. The number of phenols is 1. The summed E-state index contributed by atoms with van der Waals surface area (Å²) in [5.74, 6) is -2.15. The Labute approximate surface area is 102 Å². The van der Waals surface area contributed by atoms with E-state index in [4.69, 9.17) is 16.7 Å². The van der Waals surface area contributed by atoms with Crippen LogP contribution < -0.4 is 0 Å². The Balaban J connectivity index is 2.94. The van der Waals surface area contributed by atoms with Crippen LogP contribution in [0.1, 0.15) is 17.2 Å². The van der Waals surface area contributed by atoms with Crippen LogP contribution in [0.3, 0.4) is 0 Å². The molecule has 17 heavy (non-hydrogen) atoms. The van der Waals surface area contributed by atoms with Crippen LogP contribution in [0.2, 0.25) is 0 Å².